The van der Waals surface area contributed by atoms with Crippen LogP contribution in [-0.4, -0.2) is 156 Å². The molecule has 90 heavy (non-hydrogen) atoms. The van der Waals surface area contributed by atoms with E-state index in [1.807, 2.05) is 0 Å². The highest BCUT2D eigenvalue weighted by Crippen LogP contribution is 2.44. The van der Waals surface area contributed by atoms with Crippen LogP contribution in [0.1, 0.15) is 291 Å². The number of allylic oxidation sites excluding steroid dienone is 2. The van der Waals surface area contributed by atoms with Gasteiger partial charge in [0.1, 0.15) is 48.7 Å². The molecule has 0 aliphatic carbocycles. The number of methoxy groups -OCH3 is 2. The molecule has 0 saturated carbocycles. The monoisotopic (exact) mass is 1330 g/mol. The first-order valence-corrected chi connectivity index (χ1v) is 38.7. The largest absolute Gasteiger partial charge is 0.472 e. The van der Waals surface area contributed by atoms with Crippen molar-refractivity contribution in [3.63, 3.8) is 0 Å². The van der Waals surface area contributed by atoms with E-state index >= 15 is 0 Å². The minimum Gasteiger partial charge on any atom is -0.393 e. The molecule has 8 N–H and O–H groups in total. The molecule has 0 radical (unpaired) electrons. The number of carbonyl (C=O) groups is 2. The van der Waals surface area contributed by atoms with Gasteiger partial charge >= 0.3 is 15.6 Å². The number of rotatable bonds is 60. The van der Waals surface area contributed by atoms with Gasteiger partial charge in [0.25, 0.3) is 0 Å². The van der Waals surface area contributed by atoms with Gasteiger partial charge in [0.2, 0.25) is 11.8 Å². The van der Waals surface area contributed by atoms with Crippen molar-refractivity contribution in [1.29, 1.82) is 0 Å². The molecule has 532 valence electrons. The summed E-state index contributed by atoms with van der Waals surface area (Å²) < 4.78 is 79.5. The molecular weight excluding hydrogens is 1200 g/mol. The molecule has 2 unspecified atom stereocenters. The Labute approximate surface area is 543 Å². The zero-order valence-electron chi connectivity index (χ0n) is 56.8. The molecule has 0 bridgehead atoms. The van der Waals surface area contributed by atoms with Crippen LogP contribution < -0.4 is 10.6 Å². The van der Waals surface area contributed by atoms with Crippen molar-refractivity contribution in [3.8, 4) is 0 Å². The SMILES string of the molecule is CCCCCCC=CCCCCCCCCCC(=O)N[C@H]1[C@H](OC[C@H]2O[C@H](OP(=O)(O)O)[C@H](NC(=O)CC(O)CCCCCCCCCCCC)[C@@H](OCCCCCCCCCC)[C@@H]2O)O[C@H](COC)[C@@H](OP(=O)(O)O)[C@@H]1OCCC(CCCCCCC)OC. The van der Waals surface area contributed by atoms with Gasteiger partial charge in [-0.05, 0) is 57.8 Å². The third-order valence-corrected chi connectivity index (χ3v) is 18.2. The standard InChI is InChI=1S/C67H130N2O19P2/c1-7-11-15-19-22-25-27-28-29-30-31-33-35-39-43-47-58(71)68-61-65(83-50-48-55(81-6)46-42-37-18-14-10-4)63(87-89(74,75)76)57(52-80-5)86-66(61)84-53-56-62(73)64(82-49-44-40-36-24-21-17-13-9-3)60(67(85-56)88-90(77,78)79)69-59(72)51-54(70)45-41-38-34-32-26-23-20-16-12-8-2/h25,27,54-57,60-67,70,73H,7-24,26,28-53H2,1-6H3,(H,68,71)(H,69,72)(H2,74,75,76)(H2,77,78,79)/t54?,55?,56-,57-,60-,61-,62-,63-,64-,65-,66-,67-/m1/s1. The maximum Gasteiger partial charge on any atom is 0.472 e. The molecule has 0 aromatic rings. The zero-order valence-corrected chi connectivity index (χ0v) is 58.6. The molecule has 2 fully saturated rings. The summed E-state index contributed by atoms with van der Waals surface area (Å²) in [5.74, 6) is -1.09. The molecular formula is C67H130N2O19P2. The highest BCUT2D eigenvalue weighted by atomic mass is 31.2. The van der Waals surface area contributed by atoms with E-state index in [1.165, 1.54) is 77.7 Å². The molecule has 0 spiro atoms. The van der Waals surface area contributed by atoms with Gasteiger partial charge in [-0.15, -0.1) is 0 Å². The van der Waals surface area contributed by atoms with Gasteiger partial charge in [0, 0.05) is 33.9 Å². The van der Waals surface area contributed by atoms with Crippen molar-refractivity contribution in [2.24, 2.45) is 0 Å². The summed E-state index contributed by atoms with van der Waals surface area (Å²) in [5.41, 5.74) is 0. The van der Waals surface area contributed by atoms with Gasteiger partial charge in [-0.1, -0.05) is 232 Å². The fourth-order valence-electron chi connectivity index (χ4n) is 12.0. The summed E-state index contributed by atoms with van der Waals surface area (Å²) in [6.45, 7) is 7.98. The third kappa shape index (κ3) is 41.5. The minimum absolute atomic E-state index is 0.0143. The first-order chi connectivity index (χ1) is 43.4. The number of phosphoric acid groups is 2. The number of unbranched alkanes of at least 4 members (excludes halogenated alkanes) is 31. The lowest BCUT2D eigenvalue weighted by atomic mass is 9.95. The van der Waals surface area contributed by atoms with Gasteiger partial charge in [-0.2, -0.15) is 0 Å². The van der Waals surface area contributed by atoms with Crippen molar-refractivity contribution in [3.05, 3.63) is 12.2 Å². The summed E-state index contributed by atoms with van der Waals surface area (Å²) in [7, 11) is -7.66. The molecule has 2 amide bonds. The average Bonchev–Trinajstić information content (AvgIpc) is 0.846. The Morgan fingerprint density at radius 1 is 0.478 bits per heavy atom. The predicted molar refractivity (Wildman–Crippen MR) is 352 cm³/mol. The van der Waals surface area contributed by atoms with Crippen LogP contribution in [0.4, 0.5) is 0 Å². The zero-order chi connectivity index (χ0) is 66.1. The van der Waals surface area contributed by atoms with Crippen LogP contribution in [0.2, 0.25) is 0 Å². The normalized spacial score (nSPS) is 23.2. The molecule has 0 aromatic heterocycles. The van der Waals surface area contributed by atoms with Crippen LogP contribution in [0.3, 0.4) is 0 Å². The second-order valence-corrected chi connectivity index (χ2v) is 27.8. The van der Waals surface area contributed by atoms with E-state index in [2.05, 4.69) is 50.5 Å². The van der Waals surface area contributed by atoms with Crippen LogP contribution in [-0.2, 0) is 60.9 Å². The molecule has 21 nitrogen and oxygen atoms in total. The van der Waals surface area contributed by atoms with Crippen molar-refractivity contribution in [1.82, 2.24) is 10.6 Å². The van der Waals surface area contributed by atoms with Crippen molar-refractivity contribution >= 4 is 27.5 Å². The van der Waals surface area contributed by atoms with Gasteiger partial charge in [-0.3, -0.25) is 18.6 Å². The maximum absolute atomic E-state index is 14.1. The number of carbonyl (C=O) groups excluding carboxylic acids is 2. The van der Waals surface area contributed by atoms with E-state index in [-0.39, 0.29) is 38.8 Å². The van der Waals surface area contributed by atoms with Crippen LogP contribution in [0, 0.1) is 0 Å². The van der Waals surface area contributed by atoms with Crippen molar-refractivity contribution in [2.75, 3.05) is 40.6 Å². The second kappa shape index (κ2) is 53.7. The van der Waals surface area contributed by atoms with E-state index < -0.39 is 101 Å². The molecule has 2 aliphatic heterocycles. The molecule has 2 heterocycles. The lowest BCUT2D eigenvalue weighted by Crippen LogP contribution is -2.67. The van der Waals surface area contributed by atoms with E-state index in [1.54, 1.807) is 7.11 Å². The average molecular weight is 1330 g/mol. The van der Waals surface area contributed by atoms with Crippen molar-refractivity contribution in [2.45, 2.75) is 364 Å². The summed E-state index contributed by atoms with van der Waals surface area (Å²) in [6, 6.07) is -2.79. The number of hydrogen-bond donors (Lipinski definition) is 8. The summed E-state index contributed by atoms with van der Waals surface area (Å²) >= 11 is 0. The molecule has 23 heteroatoms. The van der Waals surface area contributed by atoms with Gasteiger partial charge in [0.05, 0.1) is 31.8 Å². The number of aliphatic hydroxyl groups excluding tert-OH is 2. The van der Waals surface area contributed by atoms with E-state index in [9.17, 15) is 48.5 Å². The third-order valence-electron chi connectivity index (χ3n) is 17.2. The fourth-order valence-corrected chi connectivity index (χ4v) is 13.0. The Bertz CT molecular complexity index is 1870. The lowest BCUT2D eigenvalue weighted by Gasteiger charge is -2.47. The van der Waals surface area contributed by atoms with Crippen LogP contribution in [0.25, 0.3) is 0 Å². The number of amides is 2. The van der Waals surface area contributed by atoms with Gasteiger partial charge in [-0.25, -0.2) is 9.13 Å². The second-order valence-electron chi connectivity index (χ2n) is 25.4. The van der Waals surface area contributed by atoms with Crippen molar-refractivity contribution < 1.29 is 90.7 Å². The predicted octanol–water partition coefficient (Wildman–Crippen LogP) is 13.8. The summed E-state index contributed by atoms with van der Waals surface area (Å²) in [6.07, 6.45) is 30.8. The Morgan fingerprint density at radius 2 is 0.922 bits per heavy atom. The quantitative estimate of drug-likeness (QED) is 0.0159. The highest BCUT2D eigenvalue weighted by molar-refractivity contribution is 7.46. The number of phosphoric ester groups is 2. The lowest BCUT2D eigenvalue weighted by molar-refractivity contribution is -0.301. The van der Waals surface area contributed by atoms with Crippen LogP contribution in [0.15, 0.2) is 12.2 Å². The van der Waals surface area contributed by atoms with Gasteiger partial charge in [0.15, 0.2) is 12.6 Å². The number of nitrogens with one attached hydrogen (secondary N) is 2. The summed E-state index contributed by atoms with van der Waals surface area (Å²) in [5, 5.41) is 29.0. The summed E-state index contributed by atoms with van der Waals surface area (Å²) in [4.78, 5) is 69.2. The maximum atomic E-state index is 14.1. The van der Waals surface area contributed by atoms with E-state index in [4.69, 9.17) is 42.2 Å². The molecule has 12 atom stereocenters. The Balaban J connectivity index is 2.44. The first-order valence-electron chi connectivity index (χ1n) is 35.7. The number of ether oxygens (including phenoxy) is 7. The molecule has 2 rings (SSSR count). The Kier molecular flexibility index (Phi) is 50.5. The molecule has 2 saturated heterocycles. The fraction of sp³-hybridized carbons (Fsp3) is 0.940. The first kappa shape index (κ1) is 84.6. The van der Waals surface area contributed by atoms with E-state index in [0.717, 1.165) is 148 Å². The Morgan fingerprint density at radius 3 is 1.44 bits per heavy atom. The van der Waals surface area contributed by atoms with E-state index in [0.29, 0.717) is 32.1 Å². The van der Waals surface area contributed by atoms with Crippen LogP contribution >= 0.6 is 15.6 Å². The highest BCUT2D eigenvalue weighted by Gasteiger charge is 2.53. The molecule has 2 aliphatic rings. The number of aliphatic hydroxyl groups is 2. The number of hydrogen-bond acceptors (Lipinski definition) is 15. The molecule has 0 aromatic carbocycles. The minimum atomic E-state index is -5.38. The topological polar surface area (TPSA) is 297 Å². The van der Waals surface area contributed by atoms with Crippen LogP contribution in [0.5, 0.6) is 0 Å². The smallest absolute Gasteiger partial charge is 0.393 e. The Hall–Kier alpha value is -1.46. The van der Waals surface area contributed by atoms with Gasteiger partial charge < -0.3 is 73.6 Å².